The lowest BCUT2D eigenvalue weighted by molar-refractivity contribution is 0.413. The second-order valence-electron chi connectivity index (χ2n) is 4.34. The smallest absolute Gasteiger partial charge is 0.0745 e. The van der Waals surface area contributed by atoms with Crippen molar-refractivity contribution in [2.75, 3.05) is 38.6 Å². The predicted octanol–water partition coefficient (Wildman–Crippen LogP) is 1.73. The molecule has 0 bridgehead atoms. The minimum absolute atomic E-state index is 0.579. The Bertz CT molecular complexity index is 338. The second kappa shape index (κ2) is 7.25. The minimum atomic E-state index is 0.579. The third kappa shape index (κ3) is 5.65. The molecule has 0 fully saturated rings. The van der Waals surface area contributed by atoms with Crippen LogP contribution in [0.1, 0.15) is 6.42 Å². The number of thiocarbonyl (C=S) groups is 1. The van der Waals surface area contributed by atoms with E-state index in [1.165, 1.54) is 5.69 Å². The molecule has 0 saturated carbocycles. The van der Waals surface area contributed by atoms with Gasteiger partial charge < -0.3 is 15.5 Å². The lowest BCUT2D eigenvalue weighted by atomic mass is 10.2. The van der Waals surface area contributed by atoms with Crippen molar-refractivity contribution in [1.29, 1.82) is 0 Å². The van der Waals surface area contributed by atoms with E-state index in [4.69, 9.17) is 18.0 Å². The van der Waals surface area contributed by atoms with Crippen molar-refractivity contribution in [3.05, 3.63) is 30.3 Å². The molecule has 0 aromatic heterocycles. The first-order valence-electron chi connectivity index (χ1n) is 5.82. The van der Waals surface area contributed by atoms with Crippen molar-refractivity contribution >= 4 is 22.9 Å². The molecule has 1 rings (SSSR count). The van der Waals surface area contributed by atoms with Crippen LogP contribution in [0.2, 0.25) is 0 Å². The highest BCUT2D eigenvalue weighted by Gasteiger charge is 2.06. The van der Waals surface area contributed by atoms with Crippen LogP contribution in [0.25, 0.3) is 0 Å². The molecule has 3 nitrogen and oxygen atoms in total. The fourth-order valence-corrected chi connectivity index (χ4v) is 1.67. The summed E-state index contributed by atoms with van der Waals surface area (Å²) < 4.78 is 0. The summed E-state index contributed by atoms with van der Waals surface area (Å²) in [4.78, 5) is 5.08. The van der Waals surface area contributed by atoms with Crippen molar-refractivity contribution in [3.8, 4) is 0 Å². The molecule has 17 heavy (non-hydrogen) atoms. The van der Waals surface area contributed by atoms with E-state index >= 15 is 0 Å². The van der Waals surface area contributed by atoms with E-state index < -0.39 is 0 Å². The third-order valence-electron chi connectivity index (χ3n) is 2.57. The first-order valence-corrected chi connectivity index (χ1v) is 6.23. The number of rotatable bonds is 7. The van der Waals surface area contributed by atoms with Gasteiger partial charge in [-0.15, -0.1) is 0 Å². The Morgan fingerprint density at radius 1 is 1.12 bits per heavy atom. The van der Waals surface area contributed by atoms with Gasteiger partial charge in [0.05, 0.1) is 4.99 Å². The summed E-state index contributed by atoms with van der Waals surface area (Å²) in [5.41, 5.74) is 6.80. The van der Waals surface area contributed by atoms with Gasteiger partial charge in [0, 0.05) is 31.7 Å². The molecule has 0 aliphatic heterocycles. The number of hydrogen-bond acceptors (Lipinski definition) is 3. The van der Waals surface area contributed by atoms with Gasteiger partial charge in [0.15, 0.2) is 0 Å². The molecule has 0 amide bonds. The Morgan fingerprint density at radius 2 is 1.76 bits per heavy atom. The third-order valence-corrected chi connectivity index (χ3v) is 2.77. The Labute approximate surface area is 109 Å². The van der Waals surface area contributed by atoms with Crippen LogP contribution in [0, 0.1) is 0 Å². The molecule has 0 aliphatic carbocycles. The van der Waals surface area contributed by atoms with Crippen molar-refractivity contribution in [3.63, 3.8) is 0 Å². The molecule has 0 aliphatic rings. The van der Waals surface area contributed by atoms with Gasteiger partial charge in [-0.3, -0.25) is 0 Å². The number of nitrogens with zero attached hydrogens (tertiary/aromatic N) is 2. The fourth-order valence-electron chi connectivity index (χ4n) is 1.57. The summed E-state index contributed by atoms with van der Waals surface area (Å²) in [6.45, 7) is 2.89. The Kier molecular flexibility index (Phi) is 5.94. The van der Waals surface area contributed by atoms with Gasteiger partial charge in [-0.05, 0) is 26.2 Å². The number of nitrogens with two attached hydrogens (primary N) is 1. The van der Waals surface area contributed by atoms with E-state index in [1.807, 2.05) is 6.07 Å². The zero-order valence-corrected chi connectivity index (χ0v) is 11.4. The molecule has 2 N–H and O–H groups in total. The van der Waals surface area contributed by atoms with E-state index in [-0.39, 0.29) is 0 Å². The summed E-state index contributed by atoms with van der Waals surface area (Å²) in [6.07, 6.45) is 0.762. The molecule has 94 valence electrons. The van der Waals surface area contributed by atoms with Crippen LogP contribution in [-0.2, 0) is 0 Å². The van der Waals surface area contributed by atoms with Gasteiger partial charge in [-0.1, -0.05) is 30.4 Å². The summed E-state index contributed by atoms with van der Waals surface area (Å²) in [5.74, 6) is 0. The highest BCUT2D eigenvalue weighted by atomic mass is 32.1. The molecule has 0 spiro atoms. The normalized spacial score (nSPS) is 10.5. The average Bonchev–Trinajstić information content (AvgIpc) is 2.29. The van der Waals surface area contributed by atoms with Crippen molar-refractivity contribution < 1.29 is 0 Å². The van der Waals surface area contributed by atoms with Gasteiger partial charge in [0.1, 0.15) is 0 Å². The molecular weight excluding hydrogens is 230 g/mol. The molecular formula is C13H21N3S. The highest BCUT2D eigenvalue weighted by molar-refractivity contribution is 7.80. The summed E-state index contributed by atoms with van der Waals surface area (Å²) in [5, 5.41) is 0. The minimum Gasteiger partial charge on any atom is -0.393 e. The van der Waals surface area contributed by atoms with Crippen LogP contribution in [0.3, 0.4) is 0 Å². The standard InChI is InChI=1S/C13H21N3S/c1-15(2)10-11-16(9-8-13(14)17)12-6-4-3-5-7-12/h3-7H,8-11H2,1-2H3,(H2,14,17). The zero-order valence-electron chi connectivity index (χ0n) is 10.6. The number of benzene rings is 1. The lowest BCUT2D eigenvalue weighted by Crippen LogP contribution is -2.33. The Balaban J connectivity index is 2.61. The van der Waals surface area contributed by atoms with E-state index in [2.05, 4.69) is 48.2 Å². The van der Waals surface area contributed by atoms with Crippen molar-refractivity contribution in [1.82, 2.24) is 4.90 Å². The van der Waals surface area contributed by atoms with Gasteiger partial charge in [-0.2, -0.15) is 0 Å². The molecule has 0 unspecified atom stereocenters. The average molecular weight is 251 g/mol. The summed E-state index contributed by atoms with van der Waals surface area (Å²) in [7, 11) is 4.16. The van der Waals surface area contributed by atoms with Crippen LogP contribution in [-0.4, -0.2) is 43.6 Å². The summed E-state index contributed by atoms with van der Waals surface area (Å²) in [6, 6.07) is 10.4. The van der Waals surface area contributed by atoms with E-state index in [9.17, 15) is 0 Å². The van der Waals surface area contributed by atoms with Gasteiger partial charge in [0.2, 0.25) is 0 Å². The van der Waals surface area contributed by atoms with Gasteiger partial charge >= 0.3 is 0 Å². The Morgan fingerprint density at radius 3 is 2.29 bits per heavy atom. The monoisotopic (exact) mass is 251 g/mol. The van der Waals surface area contributed by atoms with E-state index in [0.717, 1.165) is 26.1 Å². The first kappa shape index (κ1) is 13.9. The number of likely N-dealkylation sites (N-methyl/N-ethyl adjacent to an activating group) is 1. The maximum atomic E-state index is 5.57. The molecule has 0 radical (unpaired) electrons. The van der Waals surface area contributed by atoms with Crippen molar-refractivity contribution in [2.45, 2.75) is 6.42 Å². The maximum Gasteiger partial charge on any atom is 0.0745 e. The van der Waals surface area contributed by atoms with Crippen molar-refractivity contribution in [2.24, 2.45) is 5.73 Å². The topological polar surface area (TPSA) is 32.5 Å². The predicted molar refractivity (Wildman–Crippen MR) is 78.6 cm³/mol. The quantitative estimate of drug-likeness (QED) is 0.748. The molecule has 0 atom stereocenters. The van der Waals surface area contributed by atoms with Crippen LogP contribution in [0.15, 0.2) is 30.3 Å². The molecule has 4 heteroatoms. The zero-order chi connectivity index (χ0) is 12.7. The van der Waals surface area contributed by atoms with E-state index in [1.54, 1.807) is 0 Å². The molecule has 0 heterocycles. The van der Waals surface area contributed by atoms with E-state index in [0.29, 0.717) is 4.99 Å². The van der Waals surface area contributed by atoms with Gasteiger partial charge in [-0.25, -0.2) is 0 Å². The number of anilines is 1. The summed E-state index contributed by atoms with van der Waals surface area (Å²) >= 11 is 4.94. The molecule has 1 aromatic carbocycles. The van der Waals surface area contributed by atoms with Crippen LogP contribution >= 0.6 is 12.2 Å². The van der Waals surface area contributed by atoms with Crippen LogP contribution in [0.4, 0.5) is 5.69 Å². The Hall–Kier alpha value is -1.13. The highest BCUT2D eigenvalue weighted by Crippen LogP contribution is 2.13. The maximum absolute atomic E-state index is 5.57. The van der Waals surface area contributed by atoms with Gasteiger partial charge in [0.25, 0.3) is 0 Å². The first-order chi connectivity index (χ1) is 8.09. The molecule has 0 saturated heterocycles. The fraction of sp³-hybridized carbons (Fsp3) is 0.462. The largest absolute Gasteiger partial charge is 0.393 e. The molecule has 1 aromatic rings. The van der Waals surface area contributed by atoms with Crippen LogP contribution < -0.4 is 10.6 Å². The number of hydrogen-bond donors (Lipinski definition) is 1. The SMILES string of the molecule is CN(C)CCN(CCC(N)=S)c1ccccc1. The van der Waals surface area contributed by atoms with Crippen LogP contribution in [0.5, 0.6) is 0 Å². The number of para-hydroxylation sites is 1. The second-order valence-corrected chi connectivity index (χ2v) is 4.87. The lowest BCUT2D eigenvalue weighted by Gasteiger charge is -2.26.